The summed E-state index contributed by atoms with van der Waals surface area (Å²) in [6.07, 6.45) is 0. The van der Waals surface area contributed by atoms with Gasteiger partial charge in [-0.15, -0.1) is 0 Å². The number of esters is 1. The molecular formula is C9H9IO3. The predicted octanol–water partition coefficient (Wildman–Crippen LogP) is 2.48. The van der Waals surface area contributed by atoms with Gasteiger partial charge < -0.3 is 7.80 Å². The molecule has 0 aliphatic carbocycles. The molecule has 1 aromatic carbocycles. The van der Waals surface area contributed by atoms with Gasteiger partial charge in [-0.3, -0.25) is 4.79 Å². The van der Waals surface area contributed by atoms with Gasteiger partial charge in [0.25, 0.3) is 0 Å². The third-order valence-corrected chi connectivity index (χ3v) is 1.72. The van der Waals surface area contributed by atoms with Gasteiger partial charge in [-0.1, -0.05) is 12.1 Å². The Hall–Kier alpha value is -0.620. The minimum Gasteiger partial charge on any atom is -0.427 e. The van der Waals surface area contributed by atoms with Gasteiger partial charge in [0.15, 0.2) is 0 Å². The highest BCUT2D eigenvalue weighted by molar-refractivity contribution is 14.1. The molecule has 0 heterocycles. The summed E-state index contributed by atoms with van der Waals surface area (Å²) >= 11 is 1.83. The predicted molar refractivity (Wildman–Crippen MR) is 56.6 cm³/mol. The summed E-state index contributed by atoms with van der Waals surface area (Å²) in [5.74, 6) is 0.252. The van der Waals surface area contributed by atoms with E-state index in [4.69, 9.17) is 7.80 Å². The lowest BCUT2D eigenvalue weighted by atomic mass is 10.2. The van der Waals surface area contributed by atoms with Crippen LogP contribution in [0, 0.1) is 0 Å². The second kappa shape index (κ2) is 5.18. The van der Waals surface area contributed by atoms with Crippen molar-refractivity contribution in [3.05, 3.63) is 29.8 Å². The van der Waals surface area contributed by atoms with Crippen LogP contribution in [0.15, 0.2) is 24.3 Å². The van der Waals surface area contributed by atoms with Crippen molar-refractivity contribution in [3.63, 3.8) is 0 Å². The zero-order valence-electron chi connectivity index (χ0n) is 7.12. The second-order valence-corrected chi connectivity index (χ2v) is 3.11. The molecule has 1 aromatic rings. The zero-order valence-corrected chi connectivity index (χ0v) is 9.28. The van der Waals surface area contributed by atoms with Gasteiger partial charge in [0.05, 0.1) is 6.61 Å². The molecular weight excluding hydrogens is 283 g/mol. The molecule has 0 aliphatic heterocycles. The molecule has 0 N–H and O–H groups in total. The van der Waals surface area contributed by atoms with E-state index in [-0.39, 0.29) is 5.97 Å². The lowest BCUT2D eigenvalue weighted by Gasteiger charge is -2.01. The standard InChI is InChI=1S/C9H9IO3/c1-7(11)13-9-4-2-8(3-5-9)6-12-10/h2-5H,6H2,1H3. The van der Waals surface area contributed by atoms with Crippen molar-refractivity contribution in [2.75, 3.05) is 0 Å². The molecule has 0 saturated carbocycles. The van der Waals surface area contributed by atoms with E-state index in [1.807, 2.05) is 35.1 Å². The Kier molecular flexibility index (Phi) is 4.17. The van der Waals surface area contributed by atoms with Crippen LogP contribution in [-0.2, 0) is 14.5 Å². The van der Waals surface area contributed by atoms with E-state index in [0.29, 0.717) is 12.4 Å². The molecule has 0 amide bonds. The number of benzene rings is 1. The Bertz CT molecular complexity index is 281. The fourth-order valence-electron chi connectivity index (χ4n) is 0.883. The molecule has 0 fully saturated rings. The van der Waals surface area contributed by atoms with Crippen molar-refractivity contribution >= 4 is 29.0 Å². The molecule has 0 aliphatic rings. The fourth-order valence-corrected chi connectivity index (χ4v) is 1.24. The first kappa shape index (κ1) is 10.5. The van der Waals surface area contributed by atoms with Crippen molar-refractivity contribution in [2.24, 2.45) is 0 Å². The van der Waals surface area contributed by atoms with Crippen LogP contribution in [0.3, 0.4) is 0 Å². The molecule has 0 spiro atoms. The molecule has 0 unspecified atom stereocenters. The second-order valence-electron chi connectivity index (χ2n) is 2.49. The monoisotopic (exact) mass is 292 g/mol. The van der Waals surface area contributed by atoms with Crippen molar-refractivity contribution in [2.45, 2.75) is 13.5 Å². The van der Waals surface area contributed by atoms with Gasteiger partial charge in [0, 0.05) is 6.92 Å². The Balaban J connectivity index is 2.64. The minimum atomic E-state index is -0.308. The summed E-state index contributed by atoms with van der Waals surface area (Å²) in [7, 11) is 0. The van der Waals surface area contributed by atoms with Crippen molar-refractivity contribution < 1.29 is 12.6 Å². The fraction of sp³-hybridized carbons (Fsp3) is 0.222. The van der Waals surface area contributed by atoms with Crippen LogP contribution in [0.2, 0.25) is 0 Å². The number of ether oxygens (including phenoxy) is 1. The van der Waals surface area contributed by atoms with Crippen molar-refractivity contribution in [1.29, 1.82) is 0 Å². The summed E-state index contributed by atoms with van der Waals surface area (Å²) in [5.41, 5.74) is 1.05. The van der Waals surface area contributed by atoms with Crippen molar-refractivity contribution in [1.82, 2.24) is 0 Å². The van der Waals surface area contributed by atoms with Gasteiger partial charge >= 0.3 is 5.97 Å². The smallest absolute Gasteiger partial charge is 0.308 e. The molecule has 4 heteroatoms. The van der Waals surface area contributed by atoms with Crippen molar-refractivity contribution in [3.8, 4) is 5.75 Å². The molecule has 0 saturated heterocycles. The van der Waals surface area contributed by atoms with Crippen LogP contribution in [0.4, 0.5) is 0 Å². The summed E-state index contributed by atoms with van der Waals surface area (Å²) in [6.45, 7) is 1.93. The molecule has 13 heavy (non-hydrogen) atoms. The number of rotatable bonds is 3. The minimum absolute atomic E-state index is 0.308. The number of hydrogen-bond acceptors (Lipinski definition) is 3. The number of halogens is 1. The topological polar surface area (TPSA) is 35.5 Å². The van der Waals surface area contributed by atoms with Crippen LogP contribution in [0.5, 0.6) is 5.75 Å². The molecule has 0 radical (unpaired) electrons. The maximum Gasteiger partial charge on any atom is 0.308 e. The number of carbonyl (C=O) groups excluding carboxylic acids is 1. The Morgan fingerprint density at radius 2 is 2.00 bits per heavy atom. The summed E-state index contributed by atoms with van der Waals surface area (Å²) in [4.78, 5) is 10.6. The summed E-state index contributed by atoms with van der Waals surface area (Å²) in [6, 6.07) is 7.20. The van der Waals surface area contributed by atoms with Gasteiger partial charge in [0.1, 0.15) is 28.8 Å². The van der Waals surface area contributed by atoms with Crippen LogP contribution < -0.4 is 4.74 Å². The van der Waals surface area contributed by atoms with E-state index >= 15 is 0 Å². The summed E-state index contributed by atoms with van der Waals surface area (Å²) < 4.78 is 9.78. The molecule has 0 aromatic heterocycles. The molecule has 0 atom stereocenters. The van der Waals surface area contributed by atoms with E-state index in [9.17, 15) is 4.79 Å². The van der Waals surface area contributed by atoms with E-state index in [1.54, 1.807) is 12.1 Å². The van der Waals surface area contributed by atoms with E-state index in [2.05, 4.69) is 0 Å². The number of carbonyl (C=O) groups is 1. The lowest BCUT2D eigenvalue weighted by molar-refractivity contribution is -0.131. The molecule has 3 nitrogen and oxygen atoms in total. The lowest BCUT2D eigenvalue weighted by Crippen LogP contribution is -2.01. The molecule has 70 valence electrons. The van der Waals surface area contributed by atoms with E-state index in [1.165, 1.54) is 6.92 Å². The van der Waals surface area contributed by atoms with Crippen LogP contribution in [0.1, 0.15) is 12.5 Å². The van der Waals surface area contributed by atoms with Crippen LogP contribution >= 0.6 is 23.0 Å². The average Bonchev–Trinajstić information content (AvgIpc) is 2.08. The maximum absolute atomic E-state index is 10.6. The van der Waals surface area contributed by atoms with E-state index in [0.717, 1.165) is 5.56 Å². The Morgan fingerprint density at radius 1 is 1.38 bits per heavy atom. The Labute approximate surface area is 90.7 Å². The van der Waals surface area contributed by atoms with E-state index < -0.39 is 0 Å². The largest absolute Gasteiger partial charge is 0.427 e. The van der Waals surface area contributed by atoms with Gasteiger partial charge in [0.2, 0.25) is 0 Å². The van der Waals surface area contributed by atoms with Gasteiger partial charge in [-0.2, -0.15) is 0 Å². The highest BCUT2D eigenvalue weighted by Crippen LogP contribution is 2.13. The first-order valence-electron chi connectivity index (χ1n) is 3.73. The quantitative estimate of drug-likeness (QED) is 0.488. The summed E-state index contributed by atoms with van der Waals surface area (Å²) in [5, 5.41) is 0. The third kappa shape index (κ3) is 3.73. The highest BCUT2D eigenvalue weighted by Gasteiger charge is 1.97. The molecule has 0 bridgehead atoms. The van der Waals surface area contributed by atoms with Crippen LogP contribution in [0.25, 0.3) is 0 Å². The third-order valence-electron chi connectivity index (χ3n) is 1.41. The molecule has 1 rings (SSSR count). The first-order valence-corrected chi connectivity index (χ1v) is 4.61. The van der Waals surface area contributed by atoms with Gasteiger partial charge in [-0.05, 0) is 17.7 Å². The van der Waals surface area contributed by atoms with Crippen LogP contribution in [-0.4, -0.2) is 5.97 Å². The SMILES string of the molecule is CC(=O)Oc1ccc(COI)cc1. The normalized spacial score (nSPS) is 9.69. The highest BCUT2D eigenvalue weighted by atomic mass is 127. The maximum atomic E-state index is 10.6. The number of hydrogen-bond donors (Lipinski definition) is 0. The van der Waals surface area contributed by atoms with Gasteiger partial charge in [-0.25, -0.2) is 0 Å². The Morgan fingerprint density at radius 3 is 2.46 bits per heavy atom. The zero-order chi connectivity index (χ0) is 9.68. The average molecular weight is 292 g/mol. The first-order chi connectivity index (χ1) is 6.22.